The minimum Gasteiger partial charge on any atom is -1.00 e. The fourth-order valence-electron chi connectivity index (χ4n) is 8.51. The Morgan fingerprint density at radius 3 is 1.60 bits per heavy atom. The molecule has 0 saturated carbocycles. The van der Waals surface area contributed by atoms with Crippen LogP contribution in [-0.4, -0.2) is 108 Å². The van der Waals surface area contributed by atoms with E-state index in [9.17, 15) is 0 Å². The van der Waals surface area contributed by atoms with Gasteiger partial charge in [-0.15, -0.1) is 0 Å². The Morgan fingerprint density at radius 2 is 1.12 bits per heavy atom. The van der Waals surface area contributed by atoms with Gasteiger partial charge in [-0.2, -0.15) is 0 Å². The number of nitrogen functional groups attached to an aromatic ring is 2. The molecule has 418 valence electrons. The SMILES string of the molecule is CC1(C)OB(c2cccc(-c3cccc(N)c3Cl)c2Cl)OC1(C)C.COc1nc(-c2cccc(-c3cccc(N)c3Cl)c2Cl)cnc1CN1CC(C)C1.COc1nc(Br)cnc1CN1CC(O[Si](C)(C)C(C)(C)C)C1.N.O.[H-].[K+]. The van der Waals surface area contributed by atoms with E-state index in [-0.39, 0.29) is 69.5 Å². The number of nitrogens with two attached hydrogens (primary N) is 2. The van der Waals surface area contributed by atoms with Crippen molar-refractivity contribution in [1.82, 2.24) is 35.9 Å². The number of hydrogen-bond donors (Lipinski definition) is 3. The average Bonchev–Trinajstić information content (AvgIpc) is 3.55. The molecule has 23 heteroatoms. The summed E-state index contributed by atoms with van der Waals surface area (Å²) >= 11 is 29.5. The van der Waals surface area contributed by atoms with Crippen LogP contribution in [0.5, 0.6) is 11.8 Å². The number of benzene rings is 4. The van der Waals surface area contributed by atoms with E-state index in [1.165, 1.54) is 0 Å². The molecule has 3 aliphatic heterocycles. The summed E-state index contributed by atoms with van der Waals surface area (Å²) in [4.78, 5) is 22.6. The maximum atomic E-state index is 6.75. The zero-order valence-electron chi connectivity index (χ0n) is 48.0. The van der Waals surface area contributed by atoms with Gasteiger partial charge in [-0.3, -0.25) is 19.8 Å². The van der Waals surface area contributed by atoms with Crippen LogP contribution in [0.3, 0.4) is 0 Å². The van der Waals surface area contributed by atoms with Crippen molar-refractivity contribution < 1.29 is 81.5 Å². The number of halogens is 5. The van der Waals surface area contributed by atoms with E-state index in [4.69, 9.17) is 81.1 Å². The molecule has 4 aromatic carbocycles. The van der Waals surface area contributed by atoms with Gasteiger partial charge in [0.15, 0.2) is 8.32 Å². The number of hydrogen-bond acceptors (Lipinski definition) is 14. The number of rotatable bonds is 12. The first-order chi connectivity index (χ1) is 35.2. The van der Waals surface area contributed by atoms with Crippen molar-refractivity contribution in [3.05, 3.63) is 121 Å². The molecule has 5 heterocycles. The second-order valence-corrected chi connectivity index (χ2v) is 28.8. The van der Waals surface area contributed by atoms with Crippen molar-refractivity contribution in [1.29, 1.82) is 0 Å². The molecule has 3 aliphatic rings. The zero-order valence-corrected chi connectivity index (χ0v) is 55.8. The van der Waals surface area contributed by atoms with Crippen molar-refractivity contribution in [3.8, 4) is 45.3 Å². The van der Waals surface area contributed by atoms with Gasteiger partial charge in [0.2, 0.25) is 11.8 Å². The maximum Gasteiger partial charge on any atom is 1.00 e. The molecule has 9 rings (SSSR count). The van der Waals surface area contributed by atoms with Crippen molar-refractivity contribution >= 4 is 94.6 Å². The number of ether oxygens (including phenoxy) is 2. The first kappa shape index (κ1) is 68.0. The van der Waals surface area contributed by atoms with Gasteiger partial charge in [0.1, 0.15) is 16.0 Å². The van der Waals surface area contributed by atoms with Crippen LogP contribution in [0.1, 0.15) is 68.2 Å². The topological polar surface area (TPSA) is 223 Å². The smallest absolute Gasteiger partial charge is 1.00 e. The molecule has 0 aliphatic carbocycles. The summed E-state index contributed by atoms with van der Waals surface area (Å²) in [6.45, 7) is 27.3. The summed E-state index contributed by atoms with van der Waals surface area (Å²) in [6, 6.07) is 22.5. The maximum absolute atomic E-state index is 6.75. The van der Waals surface area contributed by atoms with Gasteiger partial charge in [-0.1, -0.05) is 135 Å². The van der Waals surface area contributed by atoms with Crippen LogP contribution < -0.4 is 83.9 Å². The third kappa shape index (κ3) is 15.8. The number of methoxy groups -OCH3 is 2. The van der Waals surface area contributed by atoms with Crippen LogP contribution >= 0.6 is 62.3 Å². The van der Waals surface area contributed by atoms with Crippen LogP contribution in [-0.2, 0) is 26.8 Å². The Labute approximate surface area is 534 Å². The summed E-state index contributed by atoms with van der Waals surface area (Å²) in [5.41, 5.74) is 19.1. The van der Waals surface area contributed by atoms with Crippen LogP contribution in [0, 0.1) is 5.92 Å². The average molecular weight is 1260 g/mol. The minimum absolute atomic E-state index is 0. The fraction of sp³-hybridized carbons (Fsp3) is 0.418. The first-order valence-electron chi connectivity index (χ1n) is 24.8. The van der Waals surface area contributed by atoms with Crippen molar-refractivity contribution in [2.45, 2.75) is 104 Å². The molecule has 78 heavy (non-hydrogen) atoms. The molecular weight excluding hydrogens is 1180 g/mol. The first-order valence-corrected chi connectivity index (χ1v) is 30.0. The van der Waals surface area contributed by atoms with E-state index in [0.29, 0.717) is 59.6 Å². The van der Waals surface area contributed by atoms with Gasteiger partial charge in [-0.05, 0) is 79.8 Å². The van der Waals surface area contributed by atoms with Crippen molar-refractivity contribution in [3.63, 3.8) is 0 Å². The predicted octanol–water partition coefficient (Wildman–Crippen LogP) is 9.61. The number of aromatic nitrogens is 4. The zero-order chi connectivity index (χ0) is 54.8. The second kappa shape index (κ2) is 28.2. The molecule has 0 amide bonds. The normalized spacial score (nSPS) is 16.1. The van der Waals surface area contributed by atoms with Gasteiger partial charge >= 0.3 is 58.5 Å². The third-order valence-electron chi connectivity index (χ3n) is 14.5. The molecule has 0 unspecified atom stereocenters. The molecule has 0 bridgehead atoms. The Hall–Kier alpha value is -2.48. The van der Waals surface area contributed by atoms with E-state index < -0.39 is 26.6 Å². The van der Waals surface area contributed by atoms with Crippen molar-refractivity contribution in [2.75, 3.05) is 51.9 Å². The van der Waals surface area contributed by atoms with Crippen LogP contribution in [0.25, 0.3) is 33.5 Å². The predicted molar refractivity (Wildman–Crippen MR) is 324 cm³/mol. The Bertz CT molecular complexity index is 3000. The van der Waals surface area contributed by atoms with E-state index in [2.05, 4.69) is 86.5 Å². The standard InChI is InChI=1S/C22H22Cl2N4O.C18H20BCl2NO2.C15H26BrN3O2Si.K.H3N.H2O.H/c1-13-10-28(11-13)12-19-22(29-2)27-18(9-26-19)16-7-3-5-14(20(16)23)15-6-4-8-17(25)21(15)24;1-17(2)18(3,4)24-19(23-17)13-9-5-7-11(15(13)20)12-8-6-10-14(22)16(12)21;1-15(2,3)22(5,6)21-11-8-19(9-11)10-12-14(20-4)18-13(16)7-17-12;;;;/h3-9,13H,10-12,25H2,1-2H3;5-10H,22H2,1-4H3;7,11H,8-10H2,1-6H3;;1H3;1H2;/q;;;+1;;;-1. The van der Waals surface area contributed by atoms with E-state index in [1.54, 1.807) is 38.7 Å². The van der Waals surface area contributed by atoms with Crippen LogP contribution in [0.2, 0.25) is 38.2 Å². The minimum atomic E-state index is -1.67. The second-order valence-electron chi connectivity index (χ2n) is 21.7. The summed E-state index contributed by atoms with van der Waals surface area (Å²) in [5.74, 6) is 1.84. The van der Waals surface area contributed by atoms with Gasteiger partial charge in [-0.25, -0.2) is 9.97 Å². The van der Waals surface area contributed by atoms with Gasteiger partial charge < -0.3 is 47.7 Å². The molecule has 15 nitrogen and oxygen atoms in total. The third-order valence-corrected chi connectivity index (χ3v) is 21.1. The molecular formula is C55H74BBrCl4KN9O6Si. The molecule has 0 radical (unpaired) electrons. The van der Waals surface area contributed by atoms with Crippen LogP contribution in [0.15, 0.2) is 89.8 Å². The Morgan fingerprint density at radius 1 is 0.692 bits per heavy atom. The quantitative estimate of drug-likeness (QED) is 0.0767. The Kier molecular flexibility index (Phi) is 24.6. The molecule has 0 atom stereocenters. The summed E-state index contributed by atoms with van der Waals surface area (Å²) in [7, 11) is 1.04. The number of nitrogens with zero attached hydrogens (tertiary/aromatic N) is 6. The fourth-order valence-corrected chi connectivity index (χ4v) is 11.2. The van der Waals surface area contributed by atoms with Gasteiger partial charge in [0, 0.05) is 77.6 Å². The summed E-state index contributed by atoms with van der Waals surface area (Å²) in [5, 5.41) is 2.33. The van der Waals surface area contributed by atoms with Gasteiger partial charge in [0.05, 0.1) is 76.1 Å². The molecule has 2 aromatic heterocycles. The summed E-state index contributed by atoms with van der Waals surface area (Å²) < 4.78 is 30.1. The monoisotopic (exact) mass is 1250 g/mol. The van der Waals surface area contributed by atoms with E-state index in [1.807, 2.05) is 88.4 Å². The molecule has 9 N–H and O–H groups in total. The molecule has 6 aromatic rings. The van der Waals surface area contributed by atoms with Gasteiger partial charge in [0.25, 0.3) is 0 Å². The number of anilines is 2. The number of likely N-dealkylation sites (tertiary alicyclic amines) is 2. The Balaban J connectivity index is 0.000000307. The molecule has 3 saturated heterocycles. The van der Waals surface area contributed by atoms with E-state index >= 15 is 0 Å². The van der Waals surface area contributed by atoms with Crippen LogP contribution in [0.4, 0.5) is 11.4 Å². The molecule has 3 fully saturated rings. The summed E-state index contributed by atoms with van der Waals surface area (Å²) in [6.07, 6.45) is 3.80. The largest absolute Gasteiger partial charge is 1.00 e. The van der Waals surface area contributed by atoms with Crippen molar-refractivity contribution in [2.24, 2.45) is 5.92 Å². The molecule has 0 spiro atoms. The van der Waals surface area contributed by atoms with E-state index in [0.717, 1.165) is 89.9 Å².